The van der Waals surface area contributed by atoms with Gasteiger partial charge in [0.05, 0.1) is 18.3 Å². The van der Waals surface area contributed by atoms with E-state index in [1.165, 1.54) is 12.4 Å². The quantitative estimate of drug-likeness (QED) is 0.586. The van der Waals surface area contributed by atoms with E-state index in [9.17, 15) is 9.59 Å². The number of carbonyl (C=O) groups is 2. The van der Waals surface area contributed by atoms with Crippen molar-refractivity contribution >= 4 is 11.8 Å². The number of amides is 2. The Hall–Kier alpha value is -1.92. The minimum atomic E-state index is -0.424. The maximum absolute atomic E-state index is 11.1. The second kappa shape index (κ2) is 3.44. The van der Waals surface area contributed by atoms with Gasteiger partial charge in [-0.2, -0.15) is 0 Å². The molecule has 0 aromatic carbocycles. The summed E-state index contributed by atoms with van der Waals surface area (Å²) in [6.07, 6.45) is 3.14. The minimum Gasteiger partial charge on any atom is -0.395 e. The normalized spacial score (nSPS) is 21.0. The largest absolute Gasteiger partial charge is 0.395 e. The highest BCUT2D eigenvalue weighted by Gasteiger charge is 2.31. The summed E-state index contributed by atoms with van der Waals surface area (Å²) in [7, 11) is 0. The highest BCUT2D eigenvalue weighted by molar-refractivity contribution is 6.03. The molecule has 14 heavy (non-hydrogen) atoms. The minimum absolute atomic E-state index is 0.126. The molecule has 74 valence electrons. The number of nitrogens with zero attached hydrogens (tertiary/aromatic N) is 3. The molecule has 1 fully saturated rings. The molecule has 1 saturated heterocycles. The van der Waals surface area contributed by atoms with Crippen molar-refractivity contribution in [2.24, 2.45) is 5.92 Å². The van der Waals surface area contributed by atoms with Crippen LogP contribution in [0.3, 0.4) is 0 Å². The molecule has 2 heterocycles. The van der Waals surface area contributed by atoms with Crippen LogP contribution in [0, 0.1) is 5.92 Å². The maximum Gasteiger partial charge on any atom is 0.233 e. The summed E-state index contributed by atoms with van der Waals surface area (Å²) in [6.45, 7) is 0.126. The van der Waals surface area contributed by atoms with Gasteiger partial charge in [0.25, 0.3) is 0 Å². The molecule has 1 aliphatic rings. The first-order chi connectivity index (χ1) is 6.75. The van der Waals surface area contributed by atoms with Crippen LogP contribution in [-0.2, 0) is 9.59 Å². The van der Waals surface area contributed by atoms with Crippen LogP contribution in [0.15, 0.2) is 12.4 Å². The van der Waals surface area contributed by atoms with Crippen molar-refractivity contribution in [2.75, 3.05) is 6.61 Å². The van der Waals surface area contributed by atoms with Crippen LogP contribution in [0.2, 0.25) is 0 Å². The van der Waals surface area contributed by atoms with Gasteiger partial charge in [0.15, 0.2) is 0 Å². The van der Waals surface area contributed by atoms with Gasteiger partial charge in [-0.25, -0.2) is 0 Å². The predicted octanol–water partition coefficient (Wildman–Crippen LogP) is -1.63. The van der Waals surface area contributed by atoms with E-state index in [0.717, 1.165) is 4.85 Å². The van der Waals surface area contributed by atoms with Gasteiger partial charge >= 0.3 is 0 Å². The van der Waals surface area contributed by atoms with Crippen LogP contribution in [0.5, 0.6) is 0 Å². The van der Waals surface area contributed by atoms with Gasteiger partial charge in [-0.15, -0.1) is 5.10 Å². The lowest BCUT2D eigenvalue weighted by Gasteiger charge is -2.06. The van der Waals surface area contributed by atoms with E-state index in [1.807, 2.05) is 0 Å². The van der Waals surface area contributed by atoms with E-state index in [0.29, 0.717) is 0 Å². The lowest BCUT2D eigenvalue weighted by molar-refractivity contribution is -0.126. The number of hydrogen-bond acceptors (Lipinski definition) is 5. The summed E-state index contributed by atoms with van der Waals surface area (Å²) in [4.78, 5) is 28.1. The third kappa shape index (κ3) is 1.70. The van der Waals surface area contributed by atoms with Crippen molar-refractivity contribution in [3.8, 4) is 0 Å². The summed E-state index contributed by atoms with van der Waals surface area (Å²) in [6, 6.07) is 0. The van der Waals surface area contributed by atoms with Crippen LogP contribution in [0.4, 0.5) is 0 Å². The summed E-state index contributed by atoms with van der Waals surface area (Å²) in [5.74, 6) is -0.982. The molecule has 1 aromatic heterocycles. The lowest BCUT2D eigenvalue weighted by atomic mass is 10.1. The predicted molar refractivity (Wildman–Crippen MR) is 42.7 cm³/mol. The van der Waals surface area contributed by atoms with E-state index in [-0.39, 0.29) is 24.8 Å². The smallest absolute Gasteiger partial charge is 0.233 e. The fourth-order valence-corrected chi connectivity index (χ4v) is 1.17. The second-order valence-corrected chi connectivity index (χ2v) is 2.91. The highest BCUT2D eigenvalue weighted by atomic mass is 16.7. The first-order valence-corrected chi connectivity index (χ1v) is 4.09. The standard InChI is InChI=1S/C7H8N4O3/c12-6-3-5(7(13)9-6)4-14-11-2-1-8-10-11/h1-2,5H,3-4H2,(H,9,12,13). The molecule has 1 atom stereocenters. The van der Waals surface area contributed by atoms with Gasteiger partial charge in [-0.3, -0.25) is 14.9 Å². The fraction of sp³-hybridized carbons (Fsp3) is 0.429. The SMILES string of the molecule is O=C1CC(COn2ccnn2)C(=O)N1. The summed E-state index contributed by atoms with van der Waals surface area (Å²) < 4.78 is 0. The summed E-state index contributed by atoms with van der Waals surface area (Å²) >= 11 is 0. The molecule has 0 bridgehead atoms. The Bertz CT molecular complexity index is 348. The Kier molecular flexibility index (Phi) is 2.13. The number of aromatic nitrogens is 3. The van der Waals surface area contributed by atoms with Crippen LogP contribution in [-0.4, -0.2) is 33.6 Å². The molecule has 2 rings (SSSR count). The van der Waals surface area contributed by atoms with Gasteiger partial charge in [-0.05, 0) is 5.21 Å². The monoisotopic (exact) mass is 196 g/mol. The lowest BCUT2D eigenvalue weighted by Crippen LogP contribution is -2.27. The molecule has 1 N–H and O–H groups in total. The number of imide groups is 1. The van der Waals surface area contributed by atoms with Gasteiger partial charge in [-0.1, -0.05) is 4.85 Å². The molecule has 7 nitrogen and oxygen atoms in total. The zero-order valence-corrected chi connectivity index (χ0v) is 7.21. The summed E-state index contributed by atoms with van der Waals surface area (Å²) in [5.41, 5.74) is 0. The topological polar surface area (TPSA) is 86.1 Å². The Morgan fingerprint density at radius 1 is 1.64 bits per heavy atom. The second-order valence-electron chi connectivity index (χ2n) is 2.91. The van der Waals surface area contributed by atoms with Gasteiger partial charge in [0.1, 0.15) is 6.61 Å². The van der Waals surface area contributed by atoms with Gasteiger partial charge in [0.2, 0.25) is 11.8 Å². The van der Waals surface area contributed by atoms with Crippen LogP contribution >= 0.6 is 0 Å². The molecule has 1 aliphatic heterocycles. The molecule has 0 aliphatic carbocycles. The molecule has 0 saturated carbocycles. The first kappa shape index (κ1) is 8.67. The van der Waals surface area contributed by atoms with Crippen molar-refractivity contribution in [1.29, 1.82) is 0 Å². The van der Waals surface area contributed by atoms with E-state index < -0.39 is 5.92 Å². The maximum atomic E-state index is 11.1. The van der Waals surface area contributed by atoms with E-state index >= 15 is 0 Å². The van der Waals surface area contributed by atoms with Gasteiger partial charge < -0.3 is 4.84 Å². The van der Waals surface area contributed by atoms with Crippen LogP contribution < -0.4 is 10.2 Å². The third-order valence-corrected chi connectivity index (χ3v) is 1.87. The Balaban J connectivity index is 1.87. The third-order valence-electron chi connectivity index (χ3n) is 1.87. The molecular formula is C7H8N4O3. The molecular weight excluding hydrogens is 188 g/mol. The molecule has 1 aromatic rings. The first-order valence-electron chi connectivity index (χ1n) is 4.09. The van der Waals surface area contributed by atoms with Crippen LogP contribution in [0.25, 0.3) is 0 Å². The average Bonchev–Trinajstić information content (AvgIpc) is 2.72. The molecule has 0 spiro atoms. The van der Waals surface area contributed by atoms with Crippen LogP contribution in [0.1, 0.15) is 6.42 Å². The van der Waals surface area contributed by atoms with Gasteiger partial charge in [0, 0.05) is 6.42 Å². The Morgan fingerprint density at radius 2 is 2.50 bits per heavy atom. The van der Waals surface area contributed by atoms with Crippen molar-refractivity contribution in [1.82, 2.24) is 20.5 Å². The van der Waals surface area contributed by atoms with E-state index in [2.05, 4.69) is 15.6 Å². The highest BCUT2D eigenvalue weighted by Crippen LogP contribution is 2.09. The summed E-state index contributed by atoms with van der Waals surface area (Å²) in [5, 5.41) is 9.26. The number of nitrogens with one attached hydrogen (secondary N) is 1. The molecule has 0 radical (unpaired) electrons. The number of carbonyl (C=O) groups excluding carboxylic acids is 2. The molecule has 2 amide bonds. The number of hydrogen-bond donors (Lipinski definition) is 1. The number of rotatable bonds is 3. The zero-order valence-electron chi connectivity index (χ0n) is 7.21. The average molecular weight is 196 g/mol. The van der Waals surface area contributed by atoms with E-state index in [4.69, 9.17) is 4.84 Å². The van der Waals surface area contributed by atoms with E-state index in [1.54, 1.807) is 0 Å². The Morgan fingerprint density at radius 3 is 3.07 bits per heavy atom. The van der Waals surface area contributed by atoms with Crippen molar-refractivity contribution in [3.63, 3.8) is 0 Å². The Labute approximate surface area is 79.0 Å². The van der Waals surface area contributed by atoms with Crippen molar-refractivity contribution < 1.29 is 14.4 Å². The van der Waals surface area contributed by atoms with Crippen molar-refractivity contribution in [3.05, 3.63) is 12.4 Å². The van der Waals surface area contributed by atoms with Crippen molar-refractivity contribution in [2.45, 2.75) is 6.42 Å². The fourth-order valence-electron chi connectivity index (χ4n) is 1.17. The zero-order chi connectivity index (χ0) is 9.97. The molecule has 7 heteroatoms. The molecule has 1 unspecified atom stereocenters.